The van der Waals surface area contributed by atoms with E-state index in [1.807, 2.05) is 0 Å². The van der Waals surface area contributed by atoms with Crippen molar-refractivity contribution >= 4 is 55.5 Å². The Balaban J connectivity index is 1.72. The zero-order valence-electron chi connectivity index (χ0n) is 14.6. The van der Waals surface area contributed by atoms with Crippen LogP contribution < -0.4 is 4.90 Å². The third kappa shape index (κ3) is 3.51. The van der Waals surface area contributed by atoms with Gasteiger partial charge in [-0.15, -0.1) is 11.3 Å². The number of halogens is 1. The van der Waals surface area contributed by atoms with Crippen LogP contribution in [0.1, 0.15) is 33.6 Å². The number of hydrogen-bond acceptors (Lipinski definition) is 5. The first-order valence-electron chi connectivity index (χ1n) is 8.58. The Morgan fingerprint density at radius 3 is 2.81 bits per heavy atom. The molecule has 4 rings (SSSR count). The van der Waals surface area contributed by atoms with Crippen molar-refractivity contribution in [2.24, 2.45) is 0 Å². The van der Waals surface area contributed by atoms with Crippen LogP contribution in [0.15, 0.2) is 24.3 Å². The van der Waals surface area contributed by atoms with E-state index in [4.69, 9.17) is 21.3 Å². The molecule has 1 fully saturated rings. The number of thiazole rings is 1. The highest BCUT2D eigenvalue weighted by molar-refractivity contribution is 7.22. The molecule has 1 aliphatic rings. The predicted molar refractivity (Wildman–Crippen MR) is 109 cm³/mol. The minimum atomic E-state index is -0.0649. The largest absolute Gasteiger partial charge is 0.376 e. The van der Waals surface area contributed by atoms with Crippen molar-refractivity contribution in [3.05, 3.63) is 44.6 Å². The van der Waals surface area contributed by atoms with Gasteiger partial charge in [0.1, 0.15) is 0 Å². The molecule has 2 aromatic heterocycles. The summed E-state index contributed by atoms with van der Waals surface area (Å²) in [5.41, 5.74) is 3.37. The average Bonchev–Trinajstić information content (AvgIpc) is 3.33. The number of nitrogens with zero attached hydrogens (tertiary/aromatic N) is 2. The molecule has 1 amide bonds. The van der Waals surface area contributed by atoms with E-state index >= 15 is 0 Å². The smallest absolute Gasteiger partial charge is 0.270 e. The Morgan fingerprint density at radius 1 is 1.31 bits per heavy atom. The van der Waals surface area contributed by atoms with E-state index in [1.54, 1.807) is 28.4 Å². The number of carbonyl (C=O) groups is 1. The molecule has 7 heteroatoms. The van der Waals surface area contributed by atoms with Crippen LogP contribution in [0.3, 0.4) is 0 Å². The highest BCUT2D eigenvalue weighted by Crippen LogP contribution is 2.33. The van der Waals surface area contributed by atoms with Crippen LogP contribution in [-0.4, -0.2) is 30.1 Å². The number of amides is 1. The van der Waals surface area contributed by atoms with Gasteiger partial charge < -0.3 is 4.74 Å². The molecular formula is C19H19ClN2O2S2. The maximum Gasteiger partial charge on any atom is 0.270 e. The monoisotopic (exact) mass is 406 g/mol. The van der Waals surface area contributed by atoms with Gasteiger partial charge in [-0.25, -0.2) is 4.98 Å². The summed E-state index contributed by atoms with van der Waals surface area (Å²) in [6.07, 6.45) is 2.07. The Hall–Kier alpha value is -1.47. The fourth-order valence-corrected chi connectivity index (χ4v) is 5.13. The van der Waals surface area contributed by atoms with Crippen molar-refractivity contribution in [2.45, 2.75) is 32.8 Å². The number of benzene rings is 1. The van der Waals surface area contributed by atoms with Crippen molar-refractivity contribution < 1.29 is 9.53 Å². The van der Waals surface area contributed by atoms with Gasteiger partial charge in [0.05, 0.1) is 32.1 Å². The zero-order valence-corrected chi connectivity index (χ0v) is 17.0. The summed E-state index contributed by atoms with van der Waals surface area (Å²) < 4.78 is 7.48. The Kier molecular flexibility index (Phi) is 5.01. The van der Waals surface area contributed by atoms with Gasteiger partial charge in [-0.1, -0.05) is 22.9 Å². The summed E-state index contributed by atoms with van der Waals surface area (Å²) in [4.78, 5) is 20.3. The zero-order chi connectivity index (χ0) is 18.3. The highest BCUT2D eigenvalue weighted by Gasteiger charge is 2.28. The molecule has 1 aliphatic heterocycles. The van der Waals surface area contributed by atoms with Crippen molar-refractivity contribution in [3.63, 3.8) is 0 Å². The van der Waals surface area contributed by atoms with Crippen LogP contribution in [-0.2, 0) is 4.74 Å². The number of aromatic nitrogens is 1. The molecule has 0 aliphatic carbocycles. The molecule has 1 aromatic carbocycles. The van der Waals surface area contributed by atoms with Crippen LogP contribution in [0.5, 0.6) is 0 Å². The second kappa shape index (κ2) is 7.27. The van der Waals surface area contributed by atoms with E-state index in [0.29, 0.717) is 15.8 Å². The second-order valence-corrected chi connectivity index (χ2v) is 9.28. The normalized spacial score (nSPS) is 17.1. The molecule has 136 valence electrons. The summed E-state index contributed by atoms with van der Waals surface area (Å²) in [6, 6.07) is 7.76. The van der Waals surface area contributed by atoms with Crippen molar-refractivity contribution in [1.29, 1.82) is 0 Å². The fraction of sp³-hybridized carbons (Fsp3) is 0.368. The van der Waals surface area contributed by atoms with Crippen molar-refractivity contribution in [2.75, 3.05) is 18.1 Å². The first kappa shape index (κ1) is 17.9. The van der Waals surface area contributed by atoms with Gasteiger partial charge in [0.15, 0.2) is 5.13 Å². The minimum absolute atomic E-state index is 0.0601. The number of thiophene rings is 1. The first-order chi connectivity index (χ1) is 12.5. The summed E-state index contributed by atoms with van der Waals surface area (Å²) >= 11 is 8.88. The topological polar surface area (TPSA) is 42.4 Å². The Labute approximate surface area is 165 Å². The molecule has 3 heterocycles. The molecule has 26 heavy (non-hydrogen) atoms. The maximum atomic E-state index is 13.1. The van der Waals surface area contributed by atoms with E-state index < -0.39 is 0 Å². The predicted octanol–water partition coefficient (Wildman–Crippen LogP) is 5.45. The molecular weight excluding hydrogens is 388 g/mol. The lowest BCUT2D eigenvalue weighted by Gasteiger charge is -2.22. The van der Waals surface area contributed by atoms with E-state index in [-0.39, 0.29) is 12.0 Å². The van der Waals surface area contributed by atoms with Gasteiger partial charge in [0.2, 0.25) is 0 Å². The number of anilines is 1. The third-order valence-corrected chi connectivity index (χ3v) is 6.92. The Bertz CT molecular complexity index is 921. The third-order valence-electron chi connectivity index (χ3n) is 4.66. The number of ether oxygens (including phenoxy) is 1. The maximum absolute atomic E-state index is 13.1. The molecule has 1 saturated heterocycles. The van der Waals surface area contributed by atoms with Crippen LogP contribution in [0.25, 0.3) is 10.2 Å². The molecule has 1 unspecified atom stereocenters. The Morgan fingerprint density at radius 2 is 2.12 bits per heavy atom. The van der Waals surface area contributed by atoms with Gasteiger partial charge in [0.25, 0.3) is 5.91 Å². The summed E-state index contributed by atoms with van der Waals surface area (Å²) in [5.74, 6) is -0.0649. The van der Waals surface area contributed by atoms with Gasteiger partial charge in [0, 0.05) is 6.61 Å². The molecule has 0 radical (unpaired) electrons. The molecule has 0 spiro atoms. The van der Waals surface area contributed by atoms with E-state index in [2.05, 4.69) is 26.0 Å². The van der Waals surface area contributed by atoms with Gasteiger partial charge >= 0.3 is 0 Å². The lowest BCUT2D eigenvalue weighted by atomic mass is 10.1. The summed E-state index contributed by atoms with van der Waals surface area (Å²) in [5, 5.41) is 0.718. The minimum Gasteiger partial charge on any atom is -0.376 e. The average molecular weight is 407 g/mol. The van der Waals surface area contributed by atoms with Gasteiger partial charge in [-0.3, -0.25) is 9.69 Å². The van der Waals surface area contributed by atoms with Gasteiger partial charge in [-0.2, -0.15) is 0 Å². The summed E-state index contributed by atoms with van der Waals surface area (Å²) in [7, 11) is 0. The number of hydrogen-bond donors (Lipinski definition) is 0. The quantitative estimate of drug-likeness (QED) is 0.578. The first-order valence-corrected chi connectivity index (χ1v) is 10.6. The number of fused-ring (bicyclic) bond motifs is 1. The molecule has 0 bridgehead atoms. The molecule has 1 atom stereocenters. The SMILES string of the molecule is Cc1cc2nc(N(CC3CCCO3)C(=O)c3ccc(Cl)s3)sc2cc1C. The second-order valence-electron chi connectivity index (χ2n) is 6.56. The lowest BCUT2D eigenvalue weighted by Crippen LogP contribution is -2.37. The molecule has 4 nitrogen and oxygen atoms in total. The van der Waals surface area contributed by atoms with Crippen molar-refractivity contribution in [1.82, 2.24) is 4.98 Å². The lowest BCUT2D eigenvalue weighted by molar-refractivity contribution is 0.0920. The standard InChI is InChI=1S/C19H19ClN2O2S2/c1-11-8-14-16(9-12(11)2)26-19(21-14)22(10-13-4-3-7-24-13)18(23)15-5-6-17(20)25-15/h5-6,8-9,13H,3-4,7,10H2,1-2H3. The highest BCUT2D eigenvalue weighted by atomic mass is 35.5. The number of rotatable bonds is 4. The van der Waals surface area contributed by atoms with E-state index in [1.165, 1.54) is 22.5 Å². The fourth-order valence-electron chi connectivity index (χ4n) is 3.09. The van der Waals surface area contributed by atoms with Crippen LogP contribution >= 0.6 is 34.3 Å². The van der Waals surface area contributed by atoms with Crippen LogP contribution in [0.4, 0.5) is 5.13 Å². The van der Waals surface area contributed by atoms with Crippen LogP contribution in [0, 0.1) is 13.8 Å². The molecule has 0 saturated carbocycles. The van der Waals surface area contributed by atoms with Crippen molar-refractivity contribution in [3.8, 4) is 0 Å². The number of aryl methyl sites for hydroxylation is 2. The molecule has 0 N–H and O–H groups in total. The number of carbonyl (C=O) groups excluding carboxylic acids is 1. The molecule has 3 aromatic rings. The van der Waals surface area contributed by atoms with Crippen LogP contribution in [0.2, 0.25) is 4.34 Å². The van der Waals surface area contributed by atoms with Gasteiger partial charge in [-0.05, 0) is 62.1 Å². The van der Waals surface area contributed by atoms with E-state index in [9.17, 15) is 4.79 Å². The van der Waals surface area contributed by atoms with E-state index in [0.717, 1.165) is 34.8 Å². The summed E-state index contributed by atoms with van der Waals surface area (Å²) in [6.45, 7) is 5.45.